The minimum Gasteiger partial charge on any atom is -0.487 e. The fourth-order valence-electron chi connectivity index (χ4n) is 3.99. The van der Waals surface area contributed by atoms with Gasteiger partial charge in [-0.1, -0.05) is 30.3 Å². The van der Waals surface area contributed by atoms with Gasteiger partial charge in [-0.2, -0.15) is 4.98 Å². The van der Waals surface area contributed by atoms with E-state index in [1.54, 1.807) is 11.8 Å². The summed E-state index contributed by atoms with van der Waals surface area (Å²) in [6.07, 6.45) is -0.649. The zero-order chi connectivity index (χ0) is 19.8. The largest absolute Gasteiger partial charge is 0.487 e. The van der Waals surface area contributed by atoms with Crippen LogP contribution in [0.1, 0.15) is 50.1 Å². The predicted octanol–water partition coefficient (Wildman–Crippen LogP) is 2.80. The third-order valence-corrected chi connectivity index (χ3v) is 5.38. The van der Waals surface area contributed by atoms with Gasteiger partial charge in [0.25, 0.3) is 5.89 Å². The molecule has 2 aliphatic heterocycles. The predicted molar refractivity (Wildman–Crippen MR) is 101 cm³/mol. The zero-order valence-corrected chi connectivity index (χ0v) is 16.6. The number of benzene rings is 1. The average Bonchev–Trinajstić information content (AvgIpc) is 3.25. The SMILES string of the molecule is Cc1noc([C@H]2CN(C(=O)NC(C)C3Oc4ccccc4C3C)C[C@@H](C)O2)n1. The fraction of sp³-hybridized carbons (Fsp3) is 0.550. The molecule has 1 fully saturated rings. The van der Waals surface area contributed by atoms with Crippen LogP contribution in [0, 0.1) is 6.92 Å². The maximum absolute atomic E-state index is 12.9. The Morgan fingerprint density at radius 3 is 2.79 bits per heavy atom. The van der Waals surface area contributed by atoms with E-state index in [-0.39, 0.29) is 30.2 Å². The van der Waals surface area contributed by atoms with Crippen LogP contribution in [0.5, 0.6) is 5.75 Å². The van der Waals surface area contributed by atoms with E-state index in [9.17, 15) is 4.79 Å². The third kappa shape index (κ3) is 3.56. The van der Waals surface area contributed by atoms with Gasteiger partial charge in [-0.25, -0.2) is 4.79 Å². The van der Waals surface area contributed by atoms with E-state index < -0.39 is 6.10 Å². The van der Waals surface area contributed by atoms with Crippen molar-refractivity contribution in [3.63, 3.8) is 0 Å². The van der Waals surface area contributed by atoms with Crippen LogP contribution < -0.4 is 10.1 Å². The number of aryl methyl sites for hydroxylation is 1. The van der Waals surface area contributed by atoms with Crippen LogP contribution in [0.3, 0.4) is 0 Å². The Morgan fingerprint density at radius 2 is 2.07 bits per heavy atom. The third-order valence-electron chi connectivity index (χ3n) is 5.38. The van der Waals surface area contributed by atoms with Crippen molar-refractivity contribution in [3.05, 3.63) is 41.5 Å². The molecular weight excluding hydrogens is 360 g/mol. The first kappa shape index (κ1) is 18.7. The Kier molecular flexibility index (Phi) is 4.97. The Hall–Kier alpha value is -2.61. The van der Waals surface area contributed by atoms with E-state index in [0.717, 1.165) is 5.75 Å². The van der Waals surface area contributed by atoms with Crippen LogP contribution in [0.2, 0.25) is 0 Å². The van der Waals surface area contributed by atoms with E-state index in [4.69, 9.17) is 14.0 Å². The number of carbonyl (C=O) groups excluding carboxylic acids is 1. The number of amides is 2. The summed E-state index contributed by atoms with van der Waals surface area (Å²) in [6.45, 7) is 8.66. The van der Waals surface area contributed by atoms with Crippen molar-refractivity contribution in [1.82, 2.24) is 20.4 Å². The lowest BCUT2D eigenvalue weighted by atomic mass is 9.94. The summed E-state index contributed by atoms with van der Waals surface area (Å²) in [5.41, 5.74) is 1.18. The van der Waals surface area contributed by atoms with Crippen molar-refractivity contribution in [1.29, 1.82) is 0 Å². The number of aromatic nitrogens is 2. The fourth-order valence-corrected chi connectivity index (χ4v) is 3.99. The second-order valence-electron chi connectivity index (χ2n) is 7.67. The van der Waals surface area contributed by atoms with Crippen molar-refractivity contribution in [2.45, 2.75) is 58.0 Å². The molecule has 1 aromatic carbocycles. The minimum absolute atomic E-state index is 0.103. The topological polar surface area (TPSA) is 89.7 Å². The molecule has 5 atom stereocenters. The first-order chi connectivity index (χ1) is 13.4. The standard InChI is InChI=1S/C20H26N4O4/c1-11-9-24(10-17(26-11)19-22-14(4)23-28-19)20(25)21-13(3)18-12(2)15-7-5-6-8-16(15)27-18/h5-8,11-13,17-18H,9-10H2,1-4H3,(H,21,25)/t11-,12?,13?,17-,18?/m1/s1. The molecule has 4 rings (SSSR count). The maximum Gasteiger partial charge on any atom is 0.317 e. The first-order valence-electron chi connectivity index (χ1n) is 9.69. The molecule has 1 saturated heterocycles. The maximum atomic E-state index is 12.9. The van der Waals surface area contributed by atoms with E-state index in [2.05, 4.69) is 28.4 Å². The smallest absolute Gasteiger partial charge is 0.317 e. The average molecular weight is 386 g/mol. The Bertz CT molecular complexity index is 854. The normalized spacial score (nSPS) is 27.8. The van der Waals surface area contributed by atoms with Gasteiger partial charge in [-0.05, 0) is 26.8 Å². The van der Waals surface area contributed by atoms with E-state index in [1.807, 2.05) is 32.0 Å². The number of nitrogens with zero attached hydrogens (tertiary/aromatic N) is 3. The molecule has 2 aromatic rings. The number of hydrogen-bond donors (Lipinski definition) is 1. The lowest BCUT2D eigenvalue weighted by Crippen LogP contribution is -2.54. The number of fused-ring (bicyclic) bond motifs is 1. The lowest BCUT2D eigenvalue weighted by molar-refractivity contribution is -0.0785. The molecule has 8 heteroatoms. The van der Waals surface area contributed by atoms with Crippen LogP contribution in [-0.4, -0.2) is 52.4 Å². The molecule has 8 nitrogen and oxygen atoms in total. The number of urea groups is 1. The van der Waals surface area contributed by atoms with Gasteiger partial charge >= 0.3 is 6.03 Å². The molecule has 3 heterocycles. The van der Waals surface area contributed by atoms with Crippen LogP contribution in [-0.2, 0) is 4.74 Å². The molecule has 28 heavy (non-hydrogen) atoms. The lowest BCUT2D eigenvalue weighted by Gasteiger charge is -2.36. The number of rotatable bonds is 3. The molecule has 0 bridgehead atoms. The number of ether oxygens (including phenoxy) is 2. The van der Waals surface area contributed by atoms with Gasteiger partial charge in [0, 0.05) is 18.0 Å². The first-order valence-corrected chi connectivity index (χ1v) is 9.69. The highest BCUT2D eigenvalue weighted by Gasteiger charge is 2.37. The second-order valence-corrected chi connectivity index (χ2v) is 7.67. The van der Waals surface area contributed by atoms with Crippen molar-refractivity contribution in [3.8, 4) is 5.75 Å². The van der Waals surface area contributed by atoms with Gasteiger partial charge in [0.1, 0.15) is 11.9 Å². The number of hydrogen-bond acceptors (Lipinski definition) is 6. The summed E-state index contributed by atoms with van der Waals surface area (Å²) < 4.78 is 17.2. The van der Waals surface area contributed by atoms with E-state index in [1.165, 1.54) is 5.56 Å². The number of para-hydroxylation sites is 1. The van der Waals surface area contributed by atoms with Crippen LogP contribution >= 0.6 is 0 Å². The molecule has 0 aliphatic carbocycles. The highest BCUT2D eigenvalue weighted by molar-refractivity contribution is 5.74. The van der Waals surface area contributed by atoms with Crippen molar-refractivity contribution < 1.29 is 18.8 Å². The summed E-state index contributed by atoms with van der Waals surface area (Å²) in [5.74, 6) is 2.06. The highest BCUT2D eigenvalue weighted by atomic mass is 16.5. The van der Waals surface area contributed by atoms with Crippen LogP contribution in [0.4, 0.5) is 4.79 Å². The minimum atomic E-state index is -0.420. The Labute approximate surface area is 164 Å². The molecule has 1 aromatic heterocycles. The van der Waals surface area contributed by atoms with Crippen molar-refractivity contribution >= 4 is 6.03 Å². The molecule has 0 spiro atoms. The van der Waals surface area contributed by atoms with E-state index in [0.29, 0.717) is 24.8 Å². The monoisotopic (exact) mass is 386 g/mol. The number of nitrogens with one attached hydrogen (secondary N) is 1. The summed E-state index contributed by atoms with van der Waals surface area (Å²) >= 11 is 0. The molecule has 0 radical (unpaired) electrons. The van der Waals surface area contributed by atoms with Crippen molar-refractivity contribution in [2.24, 2.45) is 0 Å². The van der Waals surface area contributed by atoms with E-state index >= 15 is 0 Å². The summed E-state index contributed by atoms with van der Waals surface area (Å²) in [5, 5.41) is 6.91. The second kappa shape index (κ2) is 7.43. The molecule has 2 amide bonds. The highest BCUT2D eigenvalue weighted by Crippen LogP contribution is 2.38. The van der Waals surface area contributed by atoms with Crippen molar-refractivity contribution in [2.75, 3.05) is 13.1 Å². The van der Waals surface area contributed by atoms with Gasteiger partial charge in [0.05, 0.1) is 18.7 Å². The Balaban J connectivity index is 1.40. The molecule has 1 N–H and O–H groups in total. The summed E-state index contributed by atoms with van der Waals surface area (Å²) in [7, 11) is 0. The molecule has 0 saturated carbocycles. The van der Waals surface area contributed by atoms with Crippen LogP contribution in [0.25, 0.3) is 0 Å². The van der Waals surface area contributed by atoms with Crippen LogP contribution in [0.15, 0.2) is 28.8 Å². The summed E-state index contributed by atoms with van der Waals surface area (Å²) in [6, 6.07) is 7.74. The Morgan fingerprint density at radius 1 is 1.29 bits per heavy atom. The molecule has 150 valence electrons. The van der Waals surface area contributed by atoms with Gasteiger partial charge in [0.2, 0.25) is 0 Å². The summed E-state index contributed by atoms with van der Waals surface area (Å²) in [4.78, 5) is 18.9. The molecule has 3 unspecified atom stereocenters. The molecular formula is C20H26N4O4. The molecule has 2 aliphatic rings. The van der Waals surface area contributed by atoms with Gasteiger partial charge in [0.15, 0.2) is 11.9 Å². The zero-order valence-electron chi connectivity index (χ0n) is 16.6. The van der Waals surface area contributed by atoms with Gasteiger partial charge in [-0.15, -0.1) is 0 Å². The quantitative estimate of drug-likeness (QED) is 0.872. The van der Waals surface area contributed by atoms with Gasteiger partial charge < -0.3 is 24.2 Å². The number of carbonyl (C=O) groups is 1. The number of morpholine rings is 1. The van der Waals surface area contributed by atoms with Gasteiger partial charge in [-0.3, -0.25) is 0 Å².